The number of hydrogen-bond donors (Lipinski definition) is 1. The highest BCUT2D eigenvalue weighted by molar-refractivity contribution is 5.83. The van der Waals surface area contributed by atoms with Gasteiger partial charge in [0.25, 0.3) is 0 Å². The van der Waals surface area contributed by atoms with Crippen molar-refractivity contribution < 1.29 is 22.7 Å². The summed E-state index contributed by atoms with van der Waals surface area (Å²) in [4.78, 5) is 11.9. The van der Waals surface area contributed by atoms with Gasteiger partial charge >= 0.3 is 6.18 Å². The van der Waals surface area contributed by atoms with Crippen LogP contribution < -0.4 is 10.2 Å². The highest BCUT2D eigenvalue weighted by Crippen LogP contribution is 2.43. The van der Waals surface area contributed by atoms with Crippen LogP contribution in [0.25, 0.3) is 0 Å². The normalized spacial score (nSPS) is 19.4. The van der Waals surface area contributed by atoms with Crippen LogP contribution in [-0.4, -0.2) is 30.2 Å². The molecule has 1 aliphatic heterocycles. The van der Waals surface area contributed by atoms with Gasteiger partial charge in [0.2, 0.25) is 5.91 Å². The highest BCUT2D eigenvalue weighted by atomic mass is 19.4. The fourth-order valence-electron chi connectivity index (χ4n) is 2.59. The Morgan fingerprint density at radius 3 is 2.42 bits per heavy atom. The zero-order chi connectivity index (χ0) is 18.1. The van der Waals surface area contributed by atoms with Crippen molar-refractivity contribution in [2.45, 2.75) is 39.9 Å². The van der Waals surface area contributed by atoms with Crippen molar-refractivity contribution in [3.05, 3.63) is 29.8 Å². The third-order valence-electron chi connectivity index (χ3n) is 3.83. The van der Waals surface area contributed by atoms with Crippen LogP contribution in [-0.2, 0) is 4.79 Å². The van der Waals surface area contributed by atoms with Crippen molar-refractivity contribution in [2.75, 3.05) is 13.2 Å². The summed E-state index contributed by atoms with van der Waals surface area (Å²) in [6.45, 7) is 7.38. The van der Waals surface area contributed by atoms with Crippen LogP contribution in [0.3, 0.4) is 0 Å². The number of alkyl halides is 3. The molecule has 1 fully saturated rings. The molecule has 0 spiro atoms. The predicted molar refractivity (Wildman–Crippen MR) is 84.2 cm³/mol. The third-order valence-corrected chi connectivity index (χ3v) is 3.83. The molecular formula is C17H23F3N2O2. The van der Waals surface area contributed by atoms with E-state index in [0.29, 0.717) is 6.61 Å². The van der Waals surface area contributed by atoms with E-state index in [1.54, 1.807) is 26.0 Å². The number of benzene rings is 1. The van der Waals surface area contributed by atoms with Crippen LogP contribution in [0.4, 0.5) is 13.2 Å². The highest BCUT2D eigenvalue weighted by Gasteiger charge is 2.51. The molecule has 1 atom stereocenters. The molecule has 4 nitrogen and oxygen atoms in total. The third kappa shape index (κ3) is 4.01. The number of carbonyl (C=O) groups is 1. The monoisotopic (exact) mass is 344 g/mol. The summed E-state index contributed by atoms with van der Waals surface area (Å²) >= 11 is 0. The van der Waals surface area contributed by atoms with Gasteiger partial charge in [-0.05, 0) is 25.8 Å². The molecule has 1 aromatic rings. The van der Waals surface area contributed by atoms with E-state index in [-0.39, 0.29) is 23.8 Å². The number of amides is 1. The van der Waals surface area contributed by atoms with E-state index < -0.39 is 23.5 Å². The van der Waals surface area contributed by atoms with Gasteiger partial charge in [-0.3, -0.25) is 10.2 Å². The molecule has 0 bridgehead atoms. The average Bonchev–Trinajstić information content (AvgIpc) is 2.69. The second-order valence-corrected chi connectivity index (χ2v) is 7.14. The molecule has 1 N–H and O–H groups in total. The molecule has 24 heavy (non-hydrogen) atoms. The van der Waals surface area contributed by atoms with E-state index in [4.69, 9.17) is 4.74 Å². The van der Waals surface area contributed by atoms with Crippen LogP contribution in [0.1, 0.15) is 39.3 Å². The molecule has 0 aliphatic carbocycles. The number of nitrogens with one attached hydrogen (secondary N) is 1. The van der Waals surface area contributed by atoms with Gasteiger partial charge in [0.05, 0.1) is 12.0 Å². The summed E-state index contributed by atoms with van der Waals surface area (Å²) in [5, 5.41) is 0.958. The minimum atomic E-state index is -4.55. The van der Waals surface area contributed by atoms with Crippen LogP contribution in [0.15, 0.2) is 24.3 Å². The molecule has 0 radical (unpaired) electrons. The van der Waals surface area contributed by atoms with Crippen molar-refractivity contribution >= 4 is 5.91 Å². The summed E-state index contributed by atoms with van der Waals surface area (Å²) in [6, 6.07) is 4.15. The van der Waals surface area contributed by atoms with Gasteiger partial charge in [-0.25, -0.2) is 5.01 Å². The van der Waals surface area contributed by atoms with E-state index >= 15 is 0 Å². The second-order valence-electron chi connectivity index (χ2n) is 7.14. The van der Waals surface area contributed by atoms with Crippen molar-refractivity contribution in [1.82, 2.24) is 10.4 Å². The lowest BCUT2D eigenvalue weighted by molar-refractivity contribution is -0.192. The number of rotatable bonds is 5. The number of hydrazine groups is 1. The molecule has 1 aromatic carbocycles. The Morgan fingerprint density at radius 1 is 1.29 bits per heavy atom. The van der Waals surface area contributed by atoms with Gasteiger partial charge in [-0.2, -0.15) is 13.2 Å². The lowest BCUT2D eigenvalue weighted by Crippen LogP contribution is -2.43. The Morgan fingerprint density at radius 2 is 1.92 bits per heavy atom. The zero-order valence-electron chi connectivity index (χ0n) is 14.3. The summed E-state index contributed by atoms with van der Waals surface area (Å²) in [6.07, 6.45) is -4.55. The summed E-state index contributed by atoms with van der Waals surface area (Å²) < 4.78 is 46.9. The number of ether oxygens (including phenoxy) is 1. The van der Waals surface area contributed by atoms with Crippen molar-refractivity contribution in [2.24, 2.45) is 11.3 Å². The van der Waals surface area contributed by atoms with Gasteiger partial charge in [0, 0.05) is 12.1 Å². The van der Waals surface area contributed by atoms with E-state index in [1.165, 1.54) is 12.1 Å². The van der Waals surface area contributed by atoms with Crippen molar-refractivity contribution in [3.8, 4) is 5.75 Å². The van der Waals surface area contributed by atoms with E-state index in [0.717, 1.165) is 5.01 Å². The Hall–Kier alpha value is -1.76. The molecule has 1 saturated heterocycles. The van der Waals surface area contributed by atoms with Crippen LogP contribution >= 0.6 is 0 Å². The number of hydrogen-bond acceptors (Lipinski definition) is 3. The molecule has 1 aliphatic rings. The fourth-order valence-corrected chi connectivity index (χ4v) is 2.59. The lowest BCUT2D eigenvalue weighted by Gasteiger charge is -2.31. The summed E-state index contributed by atoms with van der Waals surface area (Å²) in [5.74, 6) is -0.0439. The first-order chi connectivity index (χ1) is 11.0. The lowest BCUT2D eigenvalue weighted by atomic mass is 9.93. The standard InChI is InChI=1S/C17H23F3N2O2/c1-11(2)9-24-13-8-6-5-7-12(13)14(17(18,19)20)22-10-16(3,4)15(23)21-22/h5-8,11,14H,9-10H2,1-4H3,(H,21,23)/t14-/m0/s1. The number of halogens is 3. The minimum absolute atomic E-state index is 0.00338. The summed E-state index contributed by atoms with van der Waals surface area (Å²) in [5.41, 5.74) is 1.49. The molecule has 0 unspecified atom stereocenters. The maximum absolute atomic E-state index is 13.8. The van der Waals surface area contributed by atoms with E-state index in [9.17, 15) is 18.0 Å². The first kappa shape index (κ1) is 18.6. The van der Waals surface area contributed by atoms with Crippen LogP contribution in [0.5, 0.6) is 5.75 Å². The van der Waals surface area contributed by atoms with Gasteiger partial charge in [-0.1, -0.05) is 32.0 Å². The van der Waals surface area contributed by atoms with Gasteiger partial charge in [0.1, 0.15) is 5.75 Å². The number of carbonyl (C=O) groups excluding carboxylic acids is 1. The predicted octanol–water partition coefficient (Wildman–Crippen LogP) is 3.70. The average molecular weight is 344 g/mol. The molecular weight excluding hydrogens is 321 g/mol. The molecule has 0 aromatic heterocycles. The van der Waals surface area contributed by atoms with Gasteiger partial charge in [-0.15, -0.1) is 0 Å². The molecule has 1 amide bonds. The minimum Gasteiger partial charge on any atom is -0.493 e. The zero-order valence-corrected chi connectivity index (χ0v) is 14.3. The molecule has 1 heterocycles. The fraction of sp³-hybridized carbons (Fsp3) is 0.588. The molecule has 134 valence electrons. The maximum Gasteiger partial charge on any atom is 0.410 e. The van der Waals surface area contributed by atoms with Crippen molar-refractivity contribution in [3.63, 3.8) is 0 Å². The smallest absolute Gasteiger partial charge is 0.410 e. The second kappa shape index (κ2) is 6.63. The Kier molecular flexibility index (Phi) is 5.13. The SMILES string of the molecule is CC(C)COc1ccccc1[C@H](N1CC(C)(C)C(=O)N1)C(F)(F)F. The maximum atomic E-state index is 13.8. The van der Waals surface area contributed by atoms with E-state index in [2.05, 4.69) is 5.43 Å². The number of nitrogens with zero attached hydrogens (tertiary/aromatic N) is 1. The van der Waals surface area contributed by atoms with Crippen molar-refractivity contribution in [1.29, 1.82) is 0 Å². The first-order valence-electron chi connectivity index (χ1n) is 7.88. The largest absolute Gasteiger partial charge is 0.493 e. The molecule has 0 saturated carbocycles. The van der Waals surface area contributed by atoms with Gasteiger partial charge < -0.3 is 4.74 Å². The summed E-state index contributed by atoms with van der Waals surface area (Å²) in [7, 11) is 0. The number of para-hydroxylation sites is 1. The van der Waals surface area contributed by atoms with E-state index in [1.807, 2.05) is 13.8 Å². The Bertz CT molecular complexity index is 600. The van der Waals surface area contributed by atoms with Crippen LogP contribution in [0.2, 0.25) is 0 Å². The van der Waals surface area contributed by atoms with Gasteiger partial charge in [0.15, 0.2) is 6.04 Å². The molecule has 2 rings (SSSR count). The van der Waals surface area contributed by atoms with Crippen LogP contribution in [0, 0.1) is 11.3 Å². The Labute approximate surface area is 139 Å². The first-order valence-corrected chi connectivity index (χ1v) is 7.88. The quantitative estimate of drug-likeness (QED) is 0.886. The topological polar surface area (TPSA) is 41.6 Å². The Balaban J connectivity index is 2.38. The molecule has 7 heteroatoms.